The van der Waals surface area contributed by atoms with Crippen LogP contribution in [-0.2, 0) is 4.79 Å². The molecule has 1 fully saturated rings. The van der Waals surface area contributed by atoms with Crippen molar-refractivity contribution in [3.05, 3.63) is 29.7 Å². The number of aliphatic carboxylic acids is 1. The summed E-state index contributed by atoms with van der Waals surface area (Å²) in [5.74, 6) is -2.13. The van der Waals surface area contributed by atoms with Crippen LogP contribution in [0.3, 0.4) is 0 Å². The number of carboxylic acids is 1. The predicted octanol–water partition coefficient (Wildman–Crippen LogP) is 1.27. The molecule has 0 radical (unpaired) electrons. The fourth-order valence-electron chi connectivity index (χ4n) is 2.98. The molecule has 0 bridgehead atoms. The van der Waals surface area contributed by atoms with Gasteiger partial charge in [-0.25, -0.2) is 4.39 Å². The Hall–Kier alpha value is -2.61. The van der Waals surface area contributed by atoms with Crippen LogP contribution in [0.2, 0.25) is 0 Å². The molecule has 1 aromatic heterocycles. The lowest BCUT2D eigenvalue weighted by Crippen LogP contribution is -2.54. The molecule has 8 heteroatoms. The van der Waals surface area contributed by atoms with Crippen LogP contribution in [0.5, 0.6) is 5.75 Å². The lowest BCUT2D eigenvalue weighted by Gasteiger charge is -2.41. The first-order valence-corrected chi connectivity index (χ1v) is 7.41. The van der Waals surface area contributed by atoms with E-state index >= 15 is 0 Å². The second kappa shape index (κ2) is 5.79. The van der Waals surface area contributed by atoms with E-state index in [1.807, 2.05) is 0 Å². The summed E-state index contributed by atoms with van der Waals surface area (Å²) in [4.78, 5) is 25.7. The maximum Gasteiger partial charge on any atom is 0.306 e. The van der Waals surface area contributed by atoms with E-state index in [0.717, 1.165) is 0 Å². The third kappa shape index (κ3) is 2.80. The van der Waals surface area contributed by atoms with Gasteiger partial charge in [0, 0.05) is 11.9 Å². The topological polar surface area (TPSA) is 112 Å². The lowest BCUT2D eigenvalue weighted by atomic mass is 9.71. The van der Waals surface area contributed by atoms with E-state index in [2.05, 4.69) is 10.3 Å². The summed E-state index contributed by atoms with van der Waals surface area (Å²) in [6.07, 6.45) is 0.190. The highest BCUT2D eigenvalue weighted by Crippen LogP contribution is 2.37. The number of methoxy groups -OCH3 is 1. The van der Waals surface area contributed by atoms with Gasteiger partial charge in [-0.05, 0) is 31.0 Å². The average molecular weight is 336 g/mol. The number of aromatic nitrogens is 1. The first kappa shape index (κ1) is 16.3. The van der Waals surface area contributed by atoms with Crippen LogP contribution in [0, 0.1) is 11.7 Å². The van der Waals surface area contributed by atoms with Gasteiger partial charge in [0.15, 0.2) is 0 Å². The molecule has 2 aromatic rings. The van der Waals surface area contributed by atoms with Crippen molar-refractivity contribution in [2.45, 2.75) is 18.4 Å². The monoisotopic (exact) mass is 336 g/mol. The first-order valence-electron chi connectivity index (χ1n) is 7.41. The number of carboxylic acid groups (broad SMARTS) is 1. The minimum atomic E-state index is -1.21. The number of hydrogen-bond donors (Lipinski definition) is 4. The van der Waals surface area contributed by atoms with Gasteiger partial charge in [-0.15, -0.1) is 0 Å². The zero-order chi connectivity index (χ0) is 17.5. The molecule has 0 saturated heterocycles. The van der Waals surface area contributed by atoms with E-state index in [9.17, 15) is 19.1 Å². The Balaban J connectivity index is 1.71. The number of aliphatic hydroxyl groups is 1. The number of rotatable bonds is 5. The molecule has 3 rings (SSSR count). The molecule has 1 aliphatic rings. The zero-order valence-electron chi connectivity index (χ0n) is 12.9. The summed E-state index contributed by atoms with van der Waals surface area (Å²) in [5.41, 5.74) is -0.924. The second-order valence-corrected chi connectivity index (χ2v) is 6.07. The highest BCUT2D eigenvalue weighted by molar-refractivity contribution is 5.99. The average Bonchev–Trinajstić information content (AvgIpc) is 2.96. The number of fused-ring (bicyclic) bond motifs is 1. The number of benzene rings is 1. The quantitative estimate of drug-likeness (QED) is 0.657. The van der Waals surface area contributed by atoms with Crippen LogP contribution in [-0.4, -0.2) is 46.3 Å². The molecular formula is C16H17FN2O5. The molecule has 4 N–H and O–H groups in total. The van der Waals surface area contributed by atoms with Gasteiger partial charge in [0.25, 0.3) is 5.91 Å². The van der Waals surface area contributed by atoms with E-state index in [1.54, 1.807) is 0 Å². The zero-order valence-corrected chi connectivity index (χ0v) is 12.9. The van der Waals surface area contributed by atoms with Gasteiger partial charge in [0.05, 0.1) is 24.1 Å². The van der Waals surface area contributed by atoms with E-state index in [1.165, 1.54) is 25.3 Å². The van der Waals surface area contributed by atoms with Crippen LogP contribution in [0.1, 0.15) is 23.3 Å². The Morgan fingerprint density at radius 2 is 2.17 bits per heavy atom. The summed E-state index contributed by atoms with van der Waals surface area (Å²) < 4.78 is 19.0. The van der Waals surface area contributed by atoms with Crippen LogP contribution in [0.4, 0.5) is 4.39 Å². The van der Waals surface area contributed by atoms with E-state index in [4.69, 9.17) is 9.84 Å². The molecule has 1 saturated carbocycles. The maximum atomic E-state index is 13.8. The fourth-order valence-corrected chi connectivity index (χ4v) is 2.98. The summed E-state index contributed by atoms with van der Waals surface area (Å²) in [6, 6.07) is 4.18. The molecule has 0 aliphatic heterocycles. The summed E-state index contributed by atoms with van der Waals surface area (Å²) in [6.45, 7) is -0.0649. The van der Waals surface area contributed by atoms with Gasteiger partial charge in [-0.3, -0.25) is 9.59 Å². The van der Waals surface area contributed by atoms with Gasteiger partial charge in [-0.2, -0.15) is 0 Å². The minimum absolute atomic E-state index is 0.0649. The number of carbonyl (C=O) groups is 2. The van der Waals surface area contributed by atoms with Crippen LogP contribution >= 0.6 is 0 Å². The number of ether oxygens (including phenoxy) is 1. The number of amides is 1. The summed E-state index contributed by atoms with van der Waals surface area (Å²) in [7, 11) is 1.45. The van der Waals surface area contributed by atoms with Crippen molar-refractivity contribution in [1.29, 1.82) is 0 Å². The van der Waals surface area contributed by atoms with Crippen molar-refractivity contribution in [3.8, 4) is 5.75 Å². The van der Waals surface area contributed by atoms with Crippen molar-refractivity contribution in [1.82, 2.24) is 10.3 Å². The standard InChI is InChI=1S/C16H17FN2O5/c1-24-12-3-2-10(17)13-9(12)4-11(19-13)14(20)18-7-16(23)5-8(6-16)15(21)22/h2-4,8,19,23H,5-7H2,1H3,(H,18,20)(H,21,22). The smallest absolute Gasteiger partial charge is 0.306 e. The number of hydrogen-bond acceptors (Lipinski definition) is 4. The SMILES string of the molecule is COc1ccc(F)c2[nH]c(C(=O)NCC3(O)CC(C(=O)O)C3)cc12. The molecule has 1 amide bonds. The third-order valence-electron chi connectivity index (χ3n) is 4.35. The molecule has 128 valence electrons. The molecule has 0 atom stereocenters. The highest BCUT2D eigenvalue weighted by atomic mass is 19.1. The maximum absolute atomic E-state index is 13.8. The van der Waals surface area contributed by atoms with Crippen LogP contribution < -0.4 is 10.1 Å². The normalized spacial score (nSPS) is 22.9. The lowest BCUT2D eigenvalue weighted by molar-refractivity contribution is -0.157. The summed E-state index contributed by atoms with van der Waals surface area (Å²) in [5, 5.41) is 21.9. The Morgan fingerprint density at radius 3 is 2.79 bits per heavy atom. The van der Waals surface area contributed by atoms with Gasteiger partial charge >= 0.3 is 5.97 Å². The van der Waals surface area contributed by atoms with E-state index < -0.39 is 29.2 Å². The minimum Gasteiger partial charge on any atom is -0.496 e. The molecular weight excluding hydrogens is 319 g/mol. The largest absolute Gasteiger partial charge is 0.496 e. The number of carbonyl (C=O) groups excluding carboxylic acids is 1. The van der Waals surface area contributed by atoms with Crippen molar-refractivity contribution in [2.75, 3.05) is 13.7 Å². The molecule has 24 heavy (non-hydrogen) atoms. The van der Waals surface area contributed by atoms with Gasteiger partial charge in [0.1, 0.15) is 17.3 Å². The number of H-pyrrole nitrogens is 1. The van der Waals surface area contributed by atoms with Crippen molar-refractivity contribution in [3.63, 3.8) is 0 Å². The Morgan fingerprint density at radius 1 is 1.46 bits per heavy atom. The molecule has 0 unspecified atom stereocenters. The predicted molar refractivity (Wildman–Crippen MR) is 82.5 cm³/mol. The molecule has 7 nitrogen and oxygen atoms in total. The van der Waals surface area contributed by atoms with Crippen molar-refractivity contribution >= 4 is 22.8 Å². The van der Waals surface area contributed by atoms with E-state index in [0.29, 0.717) is 11.1 Å². The van der Waals surface area contributed by atoms with Crippen molar-refractivity contribution in [2.24, 2.45) is 5.92 Å². The van der Waals surface area contributed by atoms with Crippen LogP contribution in [0.15, 0.2) is 18.2 Å². The molecule has 1 aliphatic carbocycles. The van der Waals surface area contributed by atoms with Crippen molar-refractivity contribution < 1.29 is 28.9 Å². The fraction of sp³-hybridized carbons (Fsp3) is 0.375. The Kier molecular flexibility index (Phi) is 3.92. The first-order chi connectivity index (χ1) is 11.3. The molecule has 1 aromatic carbocycles. The number of nitrogens with one attached hydrogen (secondary N) is 2. The molecule has 1 heterocycles. The number of halogens is 1. The van der Waals surface area contributed by atoms with Crippen LogP contribution in [0.25, 0.3) is 10.9 Å². The van der Waals surface area contributed by atoms with Gasteiger partial charge in [0.2, 0.25) is 0 Å². The second-order valence-electron chi connectivity index (χ2n) is 6.07. The number of aromatic amines is 1. The van der Waals surface area contributed by atoms with Gasteiger partial charge in [-0.1, -0.05) is 0 Å². The highest BCUT2D eigenvalue weighted by Gasteiger charge is 2.46. The summed E-state index contributed by atoms with van der Waals surface area (Å²) >= 11 is 0. The van der Waals surface area contributed by atoms with Gasteiger partial charge < -0.3 is 25.3 Å². The Labute approximate surface area is 136 Å². The van der Waals surface area contributed by atoms with E-state index in [-0.39, 0.29) is 30.6 Å². The third-order valence-corrected chi connectivity index (χ3v) is 4.35. The molecule has 0 spiro atoms. The Bertz CT molecular complexity index is 810.